The van der Waals surface area contributed by atoms with Gasteiger partial charge in [-0.15, -0.1) is 0 Å². The van der Waals surface area contributed by atoms with Crippen LogP contribution in [-0.4, -0.2) is 19.9 Å². The lowest BCUT2D eigenvalue weighted by Crippen LogP contribution is -2.28. The van der Waals surface area contributed by atoms with Gasteiger partial charge in [-0.1, -0.05) is 192 Å². The molecule has 2 aliphatic rings. The van der Waals surface area contributed by atoms with E-state index < -0.39 is 0 Å². The molecule has 2 saturated carbocycles. The molecule has 6 rings (SSSR count). The van der Waals surface area contributed by atoms with Crippen molar-refractivity contribution in [1.82, 2.24) is 19.9 Å². The Hall–Kier alpha value is -3.44. The molecule has 332 valence electrons. The maximum absolute atomic E-state index is 7.65. The van der Waals surface area contributed by atoms with E-state index in [1.54, 1.807) is 0 Å². The van der Waals surface area contributed by atoms with E-state index in [9.17, 15) is 0 Å². The van der Waals surface area contributed by atoms with Crippen LogP contribution < -0.4 is 0 Å². The highest BCUT2D eigenvalue weighted by molar-refractivity contribution is 5.56. The van der Waals surface area contributed by atoms with Gasteiger partial charge in [0.2, 0.25) is 0 Å². The zero-order valence-corrected chi connectivity index (χ0v) is 39.0. The molecule has 2 fully saturated rings. The second-order valence-electron chi connectivity index (χ2n) is 19.2. The Bertz CT molecular complexity index is 1610. The number of hydrogen-bond donors (Lipinski definition) is 0. The third kappa shape index (κ3) is 14.8. The largest absolute Gasteiger partial charge is 0.365 e. The maximum atomic E-state index is 7.65. The minimum atomic E-state index is 0.0536. The van der Waals surface area contributed by atoms with Crippen molar-refractivity contribution in [3.8, 4) is 22.8 Å². The monoisotopic (exact) mass is 827 g/mol. The van der Waals surface area contributed by atoms with Gasteiger partial charge in [0.1, 0.15) is 0 Å². The Morgan fingerprint density at radius 2 is 0.754 bits per heavy atom. The molecular formula is C56H82N4O. The van der Waals surface area contributed by atoms with Crippen molar-refractivity contribution >= 4 is 0 Å². The highest BCUT2D eigenvalue weighted by atomic mass is 16.5. The lowest BCUT2D eigenvalue weighted by Gasteiger charge is -2.40. The van der Waals surface area contributed by atoms with Gasteiger partial charge in [0.15, 0.2) is 11.6 Å². The minimum Gasteiger partial charge on any atom is -0.365 e. The number of unbranched alkanes of at least 4 members (excludes halogenated alkanes) is 12. The zero-order chi connectivity index (χ0) is 42.5. The number of ether oxygens (including phenoxy) is 1. The molecule has 2 atom stereocenters. The van der Waals surface area contributed by atoms with Gasteiger partial charge >= 0.3 is 0 Å². The summed E-state index contributed by atoms with van der Waals surface area (Å²) in [5, 5.41) is 0. The smallest absolute Gasteiger partial charge is 0.159 e. The summed E-state index contributed by atoms with van der Waals surface area (Å²) >= 11 is 0. The quantitative estimate of drug-likeness (QED) is 0.0590. The summed E-state index contributed by atoms with van der Waals surface area (Å²) < 4.78 is 7.65. The minimum absolute atomic E-state index is 0.0536. The molecule has 0 radical (unpaired) electrons. The van der Waals surface area contributed by atoms with Gasteiger partial charge < -0.3 is 4.74 Å². The van der Waals surface area contributed by atoms with Crippen LogP contribution in [0.5, 0.6) is 0 Å². The summed E-state index contributed by atoms with van der Waals surface area (Å²) in [5.41, 5.74) is 7.25. The fourth-order valence-corrected chi connectivity index (χ4v) is 10.4. The molecule has 5 nitrogen and oxygen atoms in total. The van der Waals surface area contributed by atoms with Crippen LogP contribution >= 0.6 is 0 Å². The van der Waals surface area contributed by atoms with E-state index in [-0.39, 0.29) is 12.2 Å². The summed E-state index contributed by atoms with van der Waals surface area (Å²) in [7, 11) is 0. The summed E-state index contributed by atoms with van der Waals surface area (Å²) in [6, 6.07) is 18.3. The summed E-state index contributed by atoms with van der Waals surface area (Å²) in [6.45, 7) is 9.30. The van der Waals surface area contributed by atoms with E-state index in [2.05, 4.69) is 76.2 Å². The second-order valence-corrected chi connectivity index (χ2v) is 19.2. The number of aryl methyl sites for hydroxylation is 2. The Morgan fingerprint density at radius 3 is 1.08 bits per heavy atom. The van der Waals surface area contributed by atoms with Crippen molar-refractivity contribution in [3.63, 3.8) is 0 Å². The van der Waals surface area contributed by atoms with E-state index in [0.29, 0.717) is 11.8 Å². The molecule has 2 aliphatic carbocycles. The molecule has 0 amide bonds. The number of aromatic nitrogens is 4. The van der Waals surface area contributed by atoms with Crippen molar-refractivity contribution < 1.29 is 4.74 Å². The molecule has 2 aromatic carbocycles. The van der Waals surface area contributed by atoms with Crippen LogP contribution in [0.3, 0.4) is 0 Å². The fraction of sp³-hybridized carbons (Fsp3) is 0.643. The summed E-state index contributed by atoms with van der Waals surface area (Å²) in [6.07, 6.45) is 41.7. The van der Waals surface area contributed by atoms with E-state index in [4.69, 9.17) is 24.7 Å². The Morgan fingerprint density at radius 1 is 0.426 bits per heavy atom. The first-order valence-corrected chi connectivity index (χ1v) is 25.6. The van der Waals surface area contributed by atoms with E-state index in [1.807, 2.05) is 24.8 Å². The topological polar surface area (TPSA) is 60.8 Å². The van der Waals surface area contributed by atoms with Gasteiger partial charge in [0.05, 0.1) is 12.2 Å². The average molecular weight is 827 g/mol. The lowest BCUT2D eigenvalue weighted by molar-refractivity contribution is -0.0905. The summed E-state index contributed by atoms with van der Waals surface area (Å²) in [4.78, 5) is 19.4. The zero-order valence-electron chi connectivity index (χ0n) is 39.0. The van der Waals surface area contributed by atoms with Crippen LogP contribution in [-0.2, 0) is 17.6 Å². The van der Waals surface area contributed by atoms with E-state index in [1.165, 1.54) is 176 Å². The molecule has 0 aliphatic heterocycles. The van der Waals surface area contributed by atoms with Crippen LogP contribution in [0.4, 0.5) is 0 Å². The molecule has 0 saturated heterocycles. The molecule has 5 heteroatoms. The van der Waals surface area contributed by atoms with Gasteiger partial charge in [0.25, 0.3) is 0 Å². The van der Waals surface area contributed by atoms with Crippen LogP contribution in [0.15, 0.2) is 73.3 Å². The van der Waals surface area contributed by atoms with Gasteiger partial charge in [-0.3, -0.25) is 0 Å². The van der Waals surface area contributed by atoms with Gasteiger partial charge in [0, 0.05) is 35.9 Å². The predicted octanol–water partition coefficient (Wildman–Crippen LogP) is 16.4. The number of rotatable bonds is 26. The maximum Gasteiger partial charge on any atom is 0.159 e. The number of benzene rings is 2. The molecule has 0 N–H and O–H groups in total. The first-order valence-electron chi connectivity index (χ1n) is 25.6. The van der Waals surface area contributed by atoms with Gasteiger partial charge in [-0.25, -0.2) is 19.9 Å². The number of nitrogens with zero attached hydrogens (tertiary/aromatic N) is 4. The molecule has 2 heterocycles. The Balaban J connectivity index is 1.15. The third-order valence-corrected chi connectivity index (χ3v) is 14.6. The SMILES string of the molecule is CCCCCCCCCc1cnc(-c2ccc(C(OC(c3ccc(-c4ncc(CCCCCCCCC)cn4)cc3)[C@H]3CC[C@H](CC)CC3)[C@H]3CC[C@H](CC)CC3)cc2)nc1. The van der Waals surface area contributed by atoms with Crippen molar-refractivity contribution in [2.45, 2.75) is 207 Å². The van der Waals surface area contributed by atoms with Crippen LogP contribution in [0.25, 0.3) is 22.8 Å². The molecule has 0 bridgehead atoms. The standard InChI is InChI=1S/C56H82N4O/c1-5-9-11-13-15-17-19-21-45-39-57-55(58-40-45)51-35-31-49(32-36-51)53(47-27-23-43(7-3)24-28-47)61-54(48-29-25-44(8-4)26-30-48)50-33-37-52(38-34-50)56-59-41-46(42-60-56)22-20-18-16-14-12-10-6-2/h31-44,47-48,53-54H,5-30H2,1-4H3/t43-,44-,47-,48-,53?,54?. The Labute approximate surface area is 372 Å². The van der Waals surface area contributed by atoms with Crippen LogP contribution in [0, 0.1) is 23.7 Å². The molecule has 61 heavy (non-hydrogen) atoms. The second kappa shape index (κ2) is 26.2. The highest BCUT2D eigenvalue weighted by Gasteiger charge is 2.35. The lowest BCUT2D eigenvalue weighted by atomic mass is 9.75. The van der Waals surface area contributed by atoms with E-state index in [0.717, 1.165) is 47.5 Å². The molecular weight excluding hydrogens is 745 g/mol. The first-order chi connectivity index (χ1) is 30.1. The van der Waals surface area contributed by atoms with Crippen molar-refractivity contribution in [2.75, 3.05) is 0 Å². The fourth-order valence-electron chi connectivity index (χ4n) is 10.4. The van der Waals surface area contributed by atoms with Crippen molar-refractivity contribution in [2.24, 2.45) is 23.7 Å². The van der Waals surface area contributed by atoms with Crippen LogP contribution in [0.2, 0.25) is 0 Å². The summed E-state index contributed by atoms with van der Waals surface area (Å²) in [5.74, 6) is 4.33. The Kier molecular flexibility index (Phi) is 20.2. The van der Waals surface area contributed by atoms with Crippen molar-refractivity contribution in [3.05, 3.63) is 95.6 Å². The highest BCUT2D eigenvalue weighted by Crippen LogP contribution is 2.47. The van der Waals surface area contributed by atoms with Gasteiger partial charge in [-0.05, 0) is 97.3 Å². The molecule has 2 aromatic heterocycles. The predicted molar refractivity (Wildman–Crippen MR) is 256 cm³/mol. The molecule has 0 spiro atoms. The average Bonchev–Trinajstić information content (AvgIpc) is 3.32. The normalized spacial score (nSPS) is 20.4. The van der Waals surface area contributed by atoms with Gasteiger partial charge in [-0.2, -0.15) is 0 Å². The third-order valence-electron chi connectivity index (χ3n) is 14.6. The number of hydrogen-bond acceptors (Lipinski definition) is 5. The van der Waals surface area contributed by atoms with Crippen molar-refractivity contribution in [1.29, 1.82) is 0 Å². The van der Waals surface area contributed by atoms with E-state index >= 15 is 0 Å². The molecule has 2 unspecified atom stereocenters. The van der Waals surface area contributed by atoms with Crippen LogP contribution in [0.1, 0.15) is 216 Å². The molecule has 4 aromatic rings. The first kappa shape index (κ1) is 47.0.